The Balaban J connectivity index is 3.44. The van der Waals surface area contributed by atoms with Crippen LogP contribution in [0.1, 0.15) is 18.1 Å². The van der Waals surface area contributed by atoms with Crippen LogP contribution in [0.4, 0.5) is 0 Å². The molecule has 0 aliphatic rings. The molecule has 92 valence electrons. The van der Waals surface area contributed by atoms with Crippen LogP contribution in [0.5, 0.6) is 0 Å². The first-order valence-electron chi connectivity index (χ1n) is 6.02. The maximum Gasteiger partial charge on any atom is -0.0109 e. The van der Waals surface area contributed by atoms with E-state index in [2.05, 4.69) is 57.0 Å². The normalized spacial score (nSPS) is 12.1. The molecule has 1 aromatic carbocycles. The van der Waals surface area contributed by atoms with Crippen LogP contribution in [0.15, 0.2) is 79.5 Å². The molecule has 1 aromatic rings. The molecule has 0 saturated carbocycles. The van der Waals surface area contributed by atoms with Crippen molar-refractivity contribution in [1.82, 2.24) is 0 Å². The Hall–Kier alpha value is -2.08. The van der Waals surface area contributed by atoms with Crippen LogP contribution < -0.4 is 0 Å². The van der Waals surface area contributed by atoms with Crippen molar-refractivity contribution in [2.24, 2.45) is 0 Å². The molecule has 0 N–H and O–H groups in total. The zero-order chi connectivity index (χ0) is 13.5. The molecule has 0 spiro atoms. The minimum absolute atomic E-state index is 0.888. The molecule has 0 unspecified atom stereocenters. The van der Waals surface area contributed by atoms with Crippen molar-refractivity contribution in [3.63, 3.8) is 0 Å². The monoisotopic (exact) mass is 236 g/mol. The van der Waals surface area contributed by atoms with Gasteiger partial charge in [-0.3, -0.25) is 0 Å². The lowest BCUT2D eigenvalue weighted by Gasteiger charge is -2.10. The topological polar surface area (TPSA) is 0 Å². The zero-order valence-electron chi connectivity index (χ0n) is 11.2. The van der Waals surface area contributed by atoms with E-state index in [1.807, 2.05) is 19.1 Å². The van der Waals surface area contributed by atoms with Gasteiger partial charge in [0.05, 0.1) is 0 Å². The first-order chi connectivity index (χ1) is 8.63. The van der Waals surface area contributed by atoms with Gasteiger partial charge in [0.2, 0.25) is 0 Å². The van der Waals surface area contributed by atoms with Gasteiger partial charge in [0.1, 0.15) is 0 Å². The van der Waals surface area contributed by atoms with E-state index in [1.54, 1.807) is 6.08 Å². The van der Waals surface area contributed by atoms with Gasteiger partial charge in [0.25, 0.3) is 0 Å². The Labute approximate surface area is 110 Å². The second-order valence-electron chi connectivity index (χ2n) is 4.13. The summed E-state index contributed by atoms with van der Waals surface area (Å²) in [7, 11) is 0. The van der Waals surface area contributed by atoms with Crippen molar-refractivity contribution in [3.05, 3.63) is 90.6 Å². The molecular weight excluding hydrogens is 216 g/mol. The van der Waals surface area contributed by atoms with Gasteiger partial charge in [0, 0.05) is 0 Å². The van der Waals surface area contributed by atoms with Crippen molar-refractivity contribution in [2.75, 3.05) is 0 Å². The van der Waals surface area contributed by atoms with Crippen molar-refractivity contribution in [2.45, 2.75) is 13.8 Å². The zero-order valence-corrected chi connectivity index (χ0v) is 11.2. The third kappa shape index (κ3) is 3.21. The summed E-state index contributed by atoms with van der Waals surface area (Å²) in [6, 6.07) is 8.45. The highest BCUT2D eigenvalue weighted by atomic mass is 14.1. The van der Waals surface area contributed by atoms with E-state index in [9.17, 15) is 0 Å². The summed E-state index contributed by atoms with van der Waals surface area (Å²) in [5.74, 6) is 0. The summed E-state index contributed by atoms with van der Waals surface area (Å²) in [5.41, 5.74) is 5.45. The van der Waals surface area contributed by atoms with E-state index in [4.69, 9.17) is 0 Å². The molecule has 0 atom stereocenters. The van der Waals surface area contributed by atoms with Gasteiger partial charge in [-0.25, -0.2) is 0 Å². The fourth-order valence-electron chi connectivity index (χ4n) is 1.77. The summed E-state index contributed by atoms with van der Waals surface area (Å²) >= 11 is 0. The minimum Gasteiger partial charge on any atom is -0.0985 e. The highest BCUT2D eigenvalue weighted by molar-refractivity contribution is 5.82. The smallest absolute Gasteiger partial charge is 0.0109 e. The molecule has 0 radical (unpaired) electrons. The number of hydrogen-bond donors (Lipinski definition) is 0. The second kappa shape index (κ2) is 6.61. The molecule has 1 rings (SSSR count). The lowest BCUT2D eigenvalue weighted by atomic mass is 9.94. The Morgan fingerprint density at radius 2 is 1.67 bits per heavy atom. The van der Waals surface area contributed by atoms with Gasteiger partial charge in [-0.2, -0.15) is 0 Å². The van der Waals surface area contributed by atoms with E-state index in [0.29, 0.717) is 0 Å². The van der Waals surface area contributed by atoms with E-state index in [0.717, 1.165) is 22.3 Å². The highest BCUT2D eigenvalue weighted by Gasteiger charge is 2.05. The van der Waals surface area contributed by atoms with Gasteiger partial charge in [-0.15, -0.1) is 0 Å². The molecule has 0 aliphatic carbocycles. The number of allylic oxidation sites excluding steroid dienone is 7. The highest BCUT2D eigenvalue weighted by Crippen LogP contribution is 2.26. The Morgan fingerprint density at radius 1 is 1.06 bits per heavy atom. The summed E-state index contributed by atoms with van der Waals surface area (Å²) in [6.07, 6.45) is 7.69. The fraction of sp³-hybridized carbons (Fsp3) is 0.111. The van der Waals surface area contributed by atoms with E-state index in [-0.39, 0.29) is 0 Å². The second-order valence-corrected chi connectivity index (χ2v) is 4.13. The molecule has 0 fully saturated rings. The summed E-state index contributed by atoms with van der Waals surface area (Å²) in [6.45, 7) is 15.7. The number of hydrogen-bond acceptors (Lipinski definition) is 0. The lowest BCUT2D eigenvalue weighted by Crippen LogP contribution is -1.90. The van der Waals surface area contributed by atoms with Crippen LogP contribution in [0.3, 0.4) is 0 Å². The lowest BCUT2D eigenvalue weighted by molar-refractivity contribution is 1.44. The van der Waals surface area contributed by atoms with Crippen LogP contribution in [-0.4, -0.2) is 0 Å². The third-order valence-electron chi connectivity index (χ3n) is 2.78. The minimum atomic E-state index is 0.888. The quantitative estimate of drug-likeness (QED) is 0.612. The summed E-state index contributed by atoms with van der Waals surface area (Å²) in [5, 5.41) is 0. The largest absolute Gasteiger partial charge is 0.0985 e. The molecule has 18 heavy (non-hydrogen) atoms. The molecule has 0 heteroatoms. The Kier molecular flexibility index (Phi) is 5.13. The maximum atomic E-state index is 4.01. The van der Waals surface area contributed by atoms with Gasteiger partial charge in [0.15, 0.2) is 0 Å². The van der Waals surface area contributed by atoms with Crippen LogP contribution in [0.25, 0.3) is 5.57 Å². The number of aryl methyl sites for hydroxylation is 1. The van der Waals surface area contributed by atoms with E-state index in [1.165, 1.54) is 5.56 Å². The molecule has 0 saturated heterocycles. The molecule has 0 nitrogen and oxygen atoms in total. The molecule has 0 heterocycles. The van der Waals surface area contributed by atoms with E-state index < -0.39 is 0 Å². The summed E-state index contributed by atoms with van der Waals surface area (Å²) < 4.78 is 0. The van der Waals surface area contributed by atoms with Gasteiger partial charge < -0.3 is 0 Å². The van der Waals surface area contributed by atoms with E-state index >= 15 is 0 Å². The van der Waals surface area contributed by atoms with Gasteiger partial charge in [-0.05, 0) is 36.1 Å². The van der Waals surface area contributed by atoms with Crippen LogP contribution in [0, 0.1) is 6.92 Å². The van der Waals surface area contributed by atoms with Crippen LogP contribution in [-0.2, 0) is 0 Å². The van der Waals surface area contributed by atoms with Gasteiger partial charge >= 0.3 is 0 Å². The third-order valence-corrected chi connectivity index (χ3v) is 2.78. The molecule has 0 aliphatic heterocycles. The average Bonchev–Trinajstić information content (AvgIpc) is 2.39. The van der Waals surface area contributed by atoms with Gasteiger partial charge in [-0.1, -0.05) is 73.9 Å². The van der Waals surface area contributed by atoms with Crippen molar-refractivity contribution in [1.29, 1.82) is 0 Å². The molecular formula is C18H20. The molecule has 0 bridgehead atoms. The first kappa shape index (κ1) is 14.0. The predicted octanol–water partition coefficient (Wildman–Crippen LogP) is 5.25. The van der Waals surface area contributed by atoms with Crippen molar-refractivity contribution in [3.8, 4) is 0 Å². The number of rotatable bonds is 5. The first-order valence-corrected chi connectivity index (χ1v) is 6.02. The predicted molar refractivity (Wildman–Crippen MR) is 82.4 cm³/mol. The van der Waals surface area contributed by atoms with Crippen molar-refractivity contribution < 1.29 is 0 Å². The van der Waals surface area contributed by atoms with Crippen molar-refractivity contribution >= 4 is 5.57 Å². The standard InChI is InChI=1S/C18H20/c1-6-9-18(17(8-3)15(5)7-2)16-12-10-14(4)11-13-16/h6-13H,2-3,5H2,1,4H3/b9-6-,18-17+. The average molecular weight is 236 g/mol. The Morgan fingerprint density at radius 3 is 2.11 bits per heavy atom. The van der Waals surface area contributed by atoms with Crippen LogP contribution in [0.2, 0.25) is 0 Å². The molecule has 0 aromatic heterocycles. The Bertz CT molecular complexity index is 507. The SMILES string of the molecule is C=CC(=C)/C(C=C)=C(\C=C/C)c1ccc(C)cc1. The number of benzene rings is 1. The summed E-state index contributed by atoms with van der Waals surface area (Å²) in [4.78, 5) is 0. The van der Waals surface area contributed by atoms with Crippen LogP contribution >= 0.6 is 0 Å². The maximum absolute atomic E-state index is 4.01. The fourth-order valence-corrected chi connectivity index (χ4v) is 1.77. The molecule has 0 amide bonds.